The molecule has 17 heavy (non-hydrogen) atoms. The minimum Gasteiger partial charge on any atom is -0.395 e. The number of carbonyl (C=O) groups is 1. The minimum atomic E-state index is -2.57. The highest BCUT2D eigenvalue weighted by atomic mass is 19.3. The molecular formula is C11H20F2N2O2. The first-order chi connectivity index (χ1) is 8.06. The predicted molar refractivity (Wildman–Crippen MR) is 59.9 cm³/mol. The van der Waals surface area contributed by atoms with E-state index in [0.29, 0.717) is 0 Å². The summed E-state index contributed by atoms with van der Waals surface area (Å²) in [6.07, 6.45) is -0.644. The van der Waals surface area contributed by atoms with Gasteiger partial charge in [-0.2, -0.15) is 0 Å². The molecule has 0 aromatic rings. The van der Waals surface area contributed by atoms with Gasteiger partial charge < -0.3 is 15.3 Å². The Labute approximate surface area is 100.0 Å². The number of carbonyl (C=O) groups excluding carboxylic acids is 1. The van der Waals surface area contributed by atoms with Gasteiger partial charge in [0.1, 0.15) is 0 Å². The van der Waals surface area contributed by atoms with Crippen molar-refractivity contribution in [2.24, 2.45) is 5.92 Å². The highest BCUT2D eigenvalue weighted by Crippen LogP contribution is 2.17. The van der Waals surface area contributed by atoms with Crippen molar-refractivity contribution < 1.29 is 18.7 Å². The van der Waals surface area contributed by atoms with Crippen molar-refractivity contribution >= 4 is 5.91 Å². The normalized spacial score (nSPS) is 25.0. The van der Waals surface area contributed by atoms with E-state index >= 15 is 0 Å². The molecule has 2 atom stereocenters. The number of nitrogens with zero attached hydrogens (tertiary/aromatic N) is 1. The first kappa shape index (κ1) is 14.3. The fourth-order valence-electron chi connectivity index (χ4n) is 2.16. The first-order valence-electron chi connectivity index (χ1n) is 5.97. The second-order valence-electron chi connectivity index (χ2n) is 4.45. The topological polar surface area (TPSA) is 52.6 Å². The molecule has 1 amide bonds. The summed E-state index contributed by atoms with van der Waals surface area (Å²) in [6, 6.07) is -0.394. The molecule has 0 aromatic heterocycles. The summed E-state index contributed by atoms with van der Waals surface area (Å²) in [4.78, 5) is 13.1. The van der Waals surface area contributed by atoms with Gasteiger partial charge in [-0.05, 0) is 25.3 Å². The summed E-state index contributed by atoms with van der Waals surface area (Å²) in [5, 5.41) is 11.9. The van der Waals surface area contributed by atoms with Gasteiger partial charge in [-0.15, -0.1) is 0 Å². The molecule has 1 fully saturated rings. The van der Waals surface area contributed by atoms with Crippen molar-refractivity contribution in [2.75, 3.05) is 26.2 Å². The molecule has 1 heterocycles. The van der Waals surface area contributed by atoms with Gasteiger partial charge in [-0.25, -0.2) is 8.78 Å². The van der Waals surface area contributed by atoms with E-state index in [0.717, 1.165) is 24.3 Å². The fourth-order valence-corrected chi connectivity index (χ4v) is 2.16. The molecular weight excluding hydrogens is 230 g/mol. The lowest BCUT2D eigenvalue weighted by Crippen LogP contribution is -2.53. The second kappa shape index (κ2) is 6.86. The van der Waals surface area contributed by atoms with Crippen LogP contribution in [0, 0.1) is 5.92 Å². The number of hydrogen-bond donors (Lipinski definition) is 2. The van der Waals surface area contributed by atoms with Gasteiger partial charge in [0.05, 0.1) is 19.2 Å². The molecule has 1 saturated heterocycles. The highest BCUT2D eigenvalue weighted by Gasteiger charge is 2.31. The average Bonchev–Trinajstić information content (AvgIpc) is 2.28. The van der Waals surface area contributed by atoms with Crippen LogP contribution in [0.2, 0.25) is 0 Å². The summed E-state index contributed by atoms with van der Waals surface area (Å²) in [5.74, 6) is -0.179. The maximum Gasteiger partial charge on any atom is 0.255 e. The van der Waals surface area contributed by atoms with E-state index in [4.69, 9.17) is 5.11 Å². The van der Waals surface area contributed by atoms with Crippen molar-refractivity contribution in [3.05, 3.63) is 0 Å². The number of nitrogens with one attached hydrogen (secondary N) is 1. The van der Waals surface area contributed by atoms with Gasteiger partial charge in [-0.3, -0.25) is 4.79 Å². The van der Waals surface area contributed by atoms with Crippen molar-refractivity contribution in [3.63, 3.8) is 0 Å². The Hall–Kier alpha value is -0.750. The molecule has 0 saturated carbocycles. The van der Waals surface area contributed by atoms with Crippen molar-refractivity contribution in [1.29, 1.82) is 0 Å². The maximum absolute atomic E-state index is 12.3. The van der Waals surface area contributed by atoms with Crippen molar-refractivity contribution in [1.82, 2.24) is 10.2 Å². The van der Waals surface area contributed by atoms with E-state index in [1.54, 1.807) is 0 Å². The van der Waals surface area contributed by atoms with Crippen LogP contribution in [0.25, 0.3) is 0 Å². The summed E-state index contributed by atoms with van der Waals surface area (Å²) in [7, 11) is 0. The summed E-state index contributed by atoms with van der Waals surface area (Å²) < 4.78 is 24.7. The number of alkyl halides is 2. The van der Waals surface area contributed by atoms with Crippen molar-refractivity contribution in [2.45, 2.75) is 32.2 Å². The molecule has 0 aromatic carbocycles. The van der Waals surface area contributed by atoms with Crippen LogP contribution in [0.3, 0.4) is 0 Å². The van der Waals surface area contributed by atoms with Gasteiger partial charge in [0.15, 0.2) is 0 Å². The first-order valence-corrected chi connectivity index (χ1v) is 5.97. The van der Waals surface area contributed by atoms with Crippen molar-refractivity contribution in [3.8, 4) is 0 Å². The molecule has 6 heteroatoms. The summed E-state index contributed by atoms with van der Waals surface area (Å²) in [5.41, 5.74) is 0. The summed E-state index contributed by atoms with van der Waals surface area (Å²) in [6.45, 7) is 1.74. The number of aliphatic hydroxyl groups is 1. The molecule has 0 spiro atoms. The standard InChI is InChI=1S/C11H20F2N2O2/c1-8-3-2-4-14-10(8)11(17)15(5-6-16)7-9(12)13/h8-10,14,16H,2-7H2,1H3. The quantitative estimate of drug-likeness (QED) is 0.745. The third-order valence-corrected chi connectivity index (χ3v) is 3.08. The van der Waals surface area contributed by atoms with E-state index < -0.39 is 19.0 Å². The molecule has 4 nitrogen and oxygen atoms in total. The Balaban J connectivity index is 2.61. The zero-order chi connectivity index (χ0) is 12.8. The van der Waals surface area contributed by atoms with Gasteiger partial charge in [0.25, 0.3) is 6.43 Å². The third kappa shape index (κ3) is 4.20. The minimum absolute atomic E-state index is 0.0337. The highest BCUT2D eigenvalue weighted by molar-refractivity contribution is 5.82. The number of piperidine rings is 1. The van der Waals surface area contributed by atoms with E-state index in [2.05, 4.69) is 5.32 Å². The van der Waals surface area contributed by atoms with E-state index in [1.165, 1.54) is 0 Å². The molecule has 0 radical (unpaired) electrons. The lowest BCUT2D eigenvalue weighted by Gasteiger charge is -2.33. The largest absolute Gasteiger partial charge is 0.395 e. The van der Waals surface area contributed by atoms with Crippen LogP contribution in [-0.2, 0) is 4.79 Å². The Morgan fingerprint density at radius 1 is 1.59 bits per heavy atom. The lowest BCUT2D eigenvalue weighted by atomic mass is 9.92. The molecule has 1 aliphatic heterocycles. The van der Waals surface area contributed by atoms with Crippen LogP contribution in [0.15, 0.2) is 0 Å². The Morgan fingerprint density at radius 3 is 2.82 bits per heavy atom. The molecule has 2 unspecified atom stereocenters. The molecule has 1 aliphatic rings. The average molecular weight is 250 g/mol. The number of rotatable bonds is 5. The van der Waals surface area contributed by atoms with E-state index in [1.807, 2.05) is 6.92 Å². The predicted octanol–water partition coefficient (Wildman–Crippen LogP) is 0.460. The molecule has 2 N–H and O–H groups in total. The van der Waals surface area contributed by atoms with Gasteiger partial charge >= 0.3 is 0 Å². The monoisotopic (exact) mass is 250 g/mol. The maximum atomic E-state index is 12.3. The number of aliphatic hydroxyl groups excluding tert-OH is 1. The fraction of sp³-hybridized carbons (Fsp3) is 0.909. The molecule has 0 bridgehead atoms. The summed E-state index contributed by atoms with van der Waals surface area (Å²) >= 11 is 0. The van der Waals surface area contributed by atoms with Gasteiger partial charge in [0, 0.05) is 6.54 Å². The van der Waals surface area contributed by atoms with Crippen LogP contribution in [0.5, 0.6) is 0 Å². The Morgan fingerprint density at radius 2 is 2.29 bits per heavy atom. The molecule has 1 rings (SSSR count). The Bertz CT molecular complexity index is 252. The zero-order valence-electron chi connectivity index (χ0n) is 10.0. The lowest BCUT2D eigenvalue weighted by molar-refractivity contribution is -0.137. The van der Waals surface area contributed by atoms with Crippen LogP contribution in [-0.4, -0.2) is 54.6 Å². The van der Waals surface area contributed by atoms with Crippen LogP contribution in [0.4, 0.5) is 8.78 Å². The van der Waals surface area contributed by atoms with Crippen LogP contribution < -0.4 is 5.32 Å². The third-order valence-electron chi connectivity index (χ3n) is 3.08. The molecule has 100 valence electrons. The van der Waals surface area contributed by atoms with Crippen LogP contribution >= 0.6 is 0 Å². The van der Waals surface area contributed by atoms with Crippen LogP contribution in [0.1, 0.15) is 19.8 Å². The zero-order valence-corrected chi connectivity index (χ0v) is 10.0. The molecule has 0 aliphatic carbocycles. The smallest absolute Gasteiger partial charge is 0.255 e. The number of amides is 1. The Kier molecular flexibility index (Phi) is 5.77. The van der Waals surface area contributed by atoms with E-state index in [-0.39, 0.29) is 25.0 Å². The van der Waals surface area contributed by atoms with Gasteiger partial charge in [-0.1, -0.05) is 6.92 Å². The number of hydrogen-bond acceptors (Lipinski definition) is 3. The second-order valence-corrected chi connectivity index (χ2v) is 4.45. The SMILES string of the molecule is CC1CCCNC1C(=O)N(CCO)CC(F)F. The van der Waals surface area contributed by atoms with E-state index in [9.17, 15) is 13.6 Å². The number of halogens is 2. The van der Waals surface area contributed by atoms with Gasteiger partial charge in [0.2, 0.25) is 5.91 Å².